The molecule has 3 heterocycles. The molecule has 0 amide bonds. The Balaban J connectivity index is 1.23. The summed E-state index contributed by atoms with van der Waals surface area (Å²) in [4.78, 5) is 17.4. The minimum Gasteiger partial charge on any atom is -0.462 e. The third kappa shape index (κ3) is 4.77. The Kier molecular flexibility index (Phi) is 6.30. The molecule has 0 aromatic heterocycles. The molecule has 1 spiro atoms. The fourth-order valence-electron chi connectivity index (χ4n) is 4.86. The first-order chi connectivity index (χ1) is 14.2. The highest BCUT2D eigenvalue weighted by Gasteiger charge is 2.51. The summed E-state index contributed by atoms with van der Waals surface area (Å²) < 4.78 is 30.7. The first-order valence-corrected chi connectivity index (χ1v) is 12.9. The van der Waals surface area contributed by atoms with E-state index in [2.05, 4.69) is 21.9 Å². The van der Waals surface area contributed by atoms with Crippen molar-refractivity contribution in [1.82, 2.24) is 9.21 Å². The van der Waals surface area contributed by atoms with Crippen LogP contribution in [0.1, 0.15) is 25.7 Å². The number of ether oxygens (including phenoxy) is 1. The zero-order valence-electron chi connectivity index (χ0n) is 17.4. The number of halogens is 1. The smallest absolute Gasteiger partial charge is 0.312 e. The number of carbonyl (C=O) groups excluding carboxylic acids is 1. The molecule has 1 aromatic carbocycles. The highest BCUT2D eigenvalue weighted by atomic mass is 35.5. The number of piperidine rings is 1. The average molecular weight is 456 g/mol. The molecule has 0 bridgehead atoms. The summed E-state index contributed by atoms with van der Waals surface area (Å²) in [7, 11) is -3.19. The molecule has 0 N–H and O–H groups in total. The summed E-state index contributed by atoms with van der Waals surface area (Å²) in [5, 5.41) is 0.753. The number of rotatable bonds is 5. The van der Waals surface area contributed by atoms with Gasteiger partial charge in [0.2, 0.25) is 10.0 Å². The van der Waals surface area contributed by atoms with Crippen LogP contribution in [0.5, 0.6) is 0 Å². The molecule has 1 aromatic rings. The molecule has 1 atom stereocenters. The van der Waals surface area contributed by atoms with Crippen LogP contribution in [0, 0.1) is 5.41 Å². The fraction of sp³-hybridized carbons (Fsp3) is 0.667. The van der Waals surface area contributed by atoms with E-state index in [0.717, 1.165) is 44.2 Å². The normalized spacial score (nSPS) is 25.6. The number of hydrogen-bond acceptors (Lipinski definition) is 6. The molecule has 30 heavy (non-hydrogen) atoms. The minimum atomic E-state index is -3.19. The average Bonchev–Trinajstić information content (AvgIpc) is 3.02. The number of anilines is 1. The quantitative estimate of drug-likeness (QED) is 0.634. The van der Waals surface area contributed by atoms with Crippen LogP contribution in [0.25, 0.3) is 0 Å². The van der Waals surface area contributed by atoms with E-state index < -0.39 is 15.4 Å². The highest BCUT2D eigenvalue weighted by molar-refractivity contribution is 7.88. The molecular formula is C21H30ClN3O4S. The van der Waals surface area contributed by atoms with Crippen LogP contribution in [0.3, 0.4) is 0 Å². The van der Waals surface area contributed by atoms with E-state index in [1.807, 2.05) is 12.1 Å². The maximum absolute atomic E-state index is 12.6. The van der Waals surface area contributed by atoms with Crippen LogP contribution in [-0.2, 0) is 19.6 Å². The van der Waals surface area contributed by atoms with Crippen molar-refractivity contribution in [2.75, 3.05) is 57.0 Å². The topological polar surface area (TPSA) is 70.2 Å². The number of sulfonamides is 1. The molecule has 0 saturated carbocycles. The van der Waals surface area contributed by atoms with Crippen LogP contribution < -0.4 is 4.90 Å². The van der Waals surface area contributed by atoms with Crippen molar-refractivity contribution in [1.29, 1.82) is 0 Å². The molecule has 3 aliphatic heterocycles. The molecule has 3 saturated heterocycles. The molecule has 3 aliphatic rings. The number of benzene rings is 1. The second-order valence-corrected chi connectivity index (χ2v) is 11.2. The summed E-state index contributed by atoms with van der Waals surface area (Å²) in [5.41, 5.74) is 0.713. The first kappa shape index (κ1) is 21.9. The molecule has 0 unspecified atom stereocenters. The van der Waals surface area contributed by atoms with E-state index in [9.17, 15) is 13.2 Å². The Morgan fingerprint density at radius 2 is 1.70 bits per heavy atom. The molecule has 166 valence electrons. The van der Waals surface area contributed by atoms with E-state index in [1.54, 1.807) is 0 Å². The lowest BCUT2D eigenvalue weighted by Crippen LogP contribution is -2.47. The zero-order valence-corrected chi connectivity index (χ0v) is 19.0. The lowest BCUT2D eigenvalue weighted by molar-refractivity contribution is -0.150. The number of cyclic esters (lactones) is 1. The van der Waals surface area contributed by atoms with Crippen LogP contribution in [0.2, 0.25) is 5.02 Å². The van der Waals surface area contributed by atoms with Gasteiger partial charge in [-0.2, -0.15) is 0 Å². The van der Waals surface area contributed by atoms with Gasteiger partial charge in [-0.3, -0.25) is 9.69 Å². The predicted molar refractivity (Wildman–Crippen MR) is 117 cm³/mol. The maximum Gasteiger partial charge on any atom is 0.312 e. The van der Waals surface area contributed by atoms with E-state index in [4.69, 9.17) is 16.3 Å². The lowest BCUT2D eigenvalue weighted by atomic mass is 9.76. The number of carbonyl (C=O) groups is 1. The summed E-state index contributed by atoms with van der Waals surface area (Å²) in [5.74, 6) is -0.131. The van der Waals surface area contributed by atoms with E-state index >= 15 is 0 Å². The molecule has 0 radical (unpaired) electrons. The van der Waals surface area contributed by atoms with Crippen LogP contribution >= 0.6 is 11.6 Å². The van der Waals surface area contributed by atoms with Gasteiger partial charge in [0.15, 0.2) is 0 Å². The van der Waals surface area contributed by atoms with E-state index in [0.29, 0.717) is 32.4 Å². The van der Waals surface area contributed by atoms with Crippen molar-refractivity contribution in [2.24, 2.45) is 5.41 Å². The fourth-order valence-corrected chi connectivity index (χ4v) is 5.83. The molecule has 3 fully saturated rings. The summed E-state index contributed by atoms with van der Waals surface area (Å²) >= 11 is 5.98. The van der Waals surface area contributed by atoms with Gasteiger partial charge in [0.25, 0.3) is 0 Å². The van der Waals surface area contributed by atoms with Crippen LogP contribution in [0.15, 0.2) is 24.3 Å². The zero-order chi connectivity index (χ0) is 21.4. The number of nitrogens with zero attached hydrogens (tertiary/aromatic N) is 3. The second kappa shape index (κ2) is 8.65. The molecule has 4 rings (SSSR count). The standard InChI is InChI=1S/C21H30ClN3O4S/c1-30(27,28)25-10-7-21(8-11-25)16-19(29-20(21)26)6-9-23-12-14-24(15-13-23)18-4-2-17(22)3-5-18/h2-5,19H,6-16H2,1H3/t19-/m0/s1. The first-order valence-electron chi connectivity index (χ1n) is 10.6. The van der Waals surface area contributed by atoms with Gasteiger partial charge < -0.3 is 9.64 Å². The second-order valence-electron chi connectivity index (χ2n) is 8.77. The van der Waals surface area contributed by atoms with Gasteiger partial charge >= 0.3 is 5.97 Å². The maximum atomic E-state index is 12.6. The largest absolute Gasteiger partial charge is 0.462 e. The van der Waals surface area contributed by atoms with Gasteiger partial charge in [0.1, 0.15) is 6.10 Å². The van der Waals surface area contributed by atoms with Gasteiger partial charge in [-0.25, -0.2) is 12.7 Å². The van der Waals surface area contributed by atoms with Gasteiger partial charge in [-0.1, -0.05) is 11.6 Å². The van der Waals surface area contributed by atoms with Crippen molar-refractivity contribution < 1.29 is 17.9 Å². The van der Waals surface area contributed by atoms with Crippen LogP contribution in [-0.4, -0.2) is 81.8 Å². The Hall–Kier alpha value is -1.35. The highest BCUT2D eigenvalue weighted by Crippen LogP contribution is 2.44. The van der Waals surface area contributed by atoms with Crippen molar-refractivity contribution >= 4 is 33.3 Å². The number of piperazine rings is 1. The number of esters is 1. The third-order valence-electron chi connectivity index (χ3n) is 6.81. The molecule has 0 aliphatic carbocycles. The van der Waals surface area contributed by atoms with Crippen molar-refractivity contribution in [3.63, 3.8) is 0 Å². The van der Waals surface area contributed by atoms with Gasteiger partial charge in [-0.05, 0) is 43.5 Å². The van der Waals surface area contributed by atoms with Crippen LogP contribution in [0.4, 0.5) is 5.69 Å². The van der Waals surface area contributed by atoms with Crippen molar-refractivity contribution in [3.05, 3.63) is 29.3 Å². The SMILES string of the molecule is CS(=O)(=O)N1CCC2(CC1)C[C@H](CCN1CCN(c3ccc(Cl)cc3)CC1)OC2=O. The van der Waals surface area contributed by atoms with E-state index in [-0.39, 0.29) is 12.1 Å². The summed E-state index contributed by atoms with van der Waals surface area (Å²) in [6, 6.07) is 7.97. The third-order valence-corrected chi connectivity index (χ3v) is 8.36. The van der Waals surface area contributed by atoms with Gasteiger partial charge in [0.05, 0.1) is 11.7 Å². The Morgan fingerprint density at radius 1 is 1.07 bits per heavy atom. The van der Waals surface area contributed by atoms with E-state index in [1.165, 1.54) is 16.2 Å². The minimum absolute atomic E-state index is 0.0587. The monoisotopic (exact) mass is 455 g/mol. The van der Waals surface area contributed by atoms with Gasteiger partial charge in [-0.15, -0.1) is 0 Å². The van der Waals surface area contributed by atoms with Gasteiger partial charge in [0, 0.05) is 62.9 Å². The lowest BCUT2D eigenvalue weighted by Gasteiger charge is -2.36. The summed E-state index contributed by atoms with van der Waals surface area (Å²) in [6.45, 7) is 5.64. The number of hydrogen-bond donors (Lipinski definition) is 0. The Labute approximate surface area is 184 Å². The Morgan fingerprint density at radius 3 is 2.30 bits per heavy atom. The molecule has 9 heteroatoms. The van der Waals surface area contributed by atoms with Crippen molar-refractivity contribution in [2.45, 2.75) is 31.8 Å². The summed E-state index contributed by atoms with van der Waals surface area (Å²) in [6.07, 6.45) is 3.85. The predicted octanol–water partition coefficient (Wildman–Crippen LogP) is 2.21. The molecular weight excluding hydrogens is 426 g/mol. The Bertz CT molecular complexity index is 861. The van der Waals surface area contributed by atoms with Crippen molar-refractivity contribution in [3.8, 4) is 0 Å². The molecule has 7 nitrogen and oxygen atoms in total.